The lowest BCUT2D eigenvalue weighted by molar-refractivity contribution is -0.121. The fourth-order valence-corrected chi connectivity index (χ4v) is 2.54. The number of carbonyl (C=O) groups is 1. The Bertz CT molecular complexity index is 764. The van der Waals surface area contributed by atoms with Gasteiger partial charge in [-0.2, -0.15) is 5.10 Å². The second-order valence-electron chi connectivity index (χ2n) is 4.96. The first kappa shape index (κ1) is 19.5. The van der Waals surface area contributed by atoms with Crippen molar-refractivity contribution in [2.45, 2.75) is 12.8 Å². The minimum absolute atomic E-state index is 0.116. The van der Waals surface area contributed by atoms with Crippen LogP contribution in [0, 0.1) is 5.82 Å². The van der Waals surface area contributed by atoms with E-state index in [0.29, 0.717) is 28.8 Å². The maximum absolute atomic E-state index is 13.5. The van der Waals surface area contributed by atoms with Crippen molar-refractivity contribution in [3.8, 4) is 5.75 Å². The molecule has 0 saturated heterocycles. The van der Waals surface area contributed by atoms with Gasteiger partial charge in [-0.1, -0.05) is 40.9 Å². The van der Waals surface area contributed by atoms with E-state index in [1.807, 2.05) is 0 Å². The van der Waals surface area contributed by atoms with Crippen LogP contribution in [0.5, 0.6) is 5.75 Å². The molecule has 0 saturated carbocycles. The molecule has 0 aliphatic carbocycles. The molecule has 0 heterocycles. The van der Waals surface area contributed by atoms with Crippen LogP contribution >= 0.6 is 34.8 Å². The molecule has 0 aliphatic heterocycles. The molecule has 0 aliphatic rings. The Morgan fingerprint density at radius 1 is 1.20 bits per heavy atom. The zero-order valence-corrected chi connectivity index (χ0v) is 15.2. The molecule has 2 aromatic rings. The fourth-order valence-electron chi connectivity index (χ4n) is 1.87. The lowest BCUT2D eigenvalue weighted by Gasteiger charge is -2.07. The van der Waals surface area contributed by atoms with Crippen LogP contribution in [0.25, 0.3) is 0 Å². The van der Waals surface area contributed by atoms with Crippen LogP contribution in [0.15, 0.2) is 41.5 Å². The molecule has 25 heavy (non-hydrogen) atoms. The second-order valence-corrected chi connectivity index (χ2v) is 6.21. The topological polar surface area (TPSA) is 50.7 Å². The first-order chi connectivity index (χ1) is 12.0. The fraction of sp³-hybridized carbons (Fsp3) is 0.176. The van der Waals surface area contributed by atoms with Crippen LogP contribution < -0.4 is 10.2 Å². The molecule has 0 fully saturated rings. The maximum Gasteiger partial charge on any atom is 0.240 e. The highest BCUT2D eigenvalue weighted by Gasteiger charge is 2.05. The summed E-state index contributed by atoms with van der Waals surface area (Å²) in [5.74, 6) is -0.341. The molecule has 4 nitrogen and oxygen atoms in total. The predicted octanol–water partition coefficient (Wildman–Crippen LogP) is 5.10. The molecular formula is C17H14Cl3FN2O2. The summed E-state index contributed by atoms with van der Waals surface area (Å²) in [4.78, 5) is 11.7. The Morgan fingerprint density at radius 3 is 2.72 bits per heavy atom. The average Bonchev–Trinajstić information content (AvgIpc) is 2.56. The Balaban J connectivity index is 1.73. The quantitative estimate of drug-likeness (QED) is 0.397. The van der Waals surface area contributed by atoms with Crippen LogP contribution in [0.3, 0.4) is 0 Å². The molecule has 132 valence electrons. The van der Waals surface area contributed by atoms with Gasteiger partial charge in [0.25, 0.3) is 0 Å². The Hall–Kier alpha value is -1.82. The summed E-state index contributed by atoms with van der Waals surface area (Å²) in [6, 6.07) is 9.18. The monoisotopic (exact) mass is 402 g/mol. The molecule has 0 aromatic heterocycles. The molecule has 2 rings (SSSR count). The van der Waals surface area contributed by atoms with Crippen molar-refractivity contribution in [2.24, 2.45) is 5.10 Å². The van der Waals surface area contributed by atoms with Crippen molar-refractivity contribution in [1.82, 2.24) is 5.43 Å². The predicted molar refractivity (Wildman–Crippen MR) is 98.3 cm³/mol. The Morgan fingerprint density at radius 2 is 2.00 bits per heavy atom. The number of nitrogens with zero attached hydrogens (tertiary/aromatic N) is 1. The van der Waals surface area contributed by atoms with Gasteiger partial charge in [0, 0.05) is 17.0 Å². The number of ether oxygens (including phenoxy) is 1. The summed E-state index contributed by atoms with van der Waals surface area (Å²) in [6.45, 7) is 0.303. The number of nitrogens with one attached hydrogen (secondary N) is 1. The van der Waals surface area contributed by atoms with Gasteiger partial charge >= 0.3 is 0 Å². The van der Waals surface area contributed by atoms with E-state index in [1.54, 1.807) is 18.2 Å². The van der Waals surface area contributed by atoms with Gasteiger partial charge in [0.2, 0.25) is 5.91 Å². The minimum Gasteiger partial charge on any atom is -0.492 e. The summed E-state index contributed by atoms with van der Waals surface area (Å²) in [5.41, 5.74) is 2.43. The number of amides is 1. The highest BCUT2D eigenvalue weighted by molar-refractivity contribution is 6.35. The number of halogens is 4. The zero-order valence-electron chi connectivity index (χ0n) is 12.9. The summed E-state index contributed by atoms with van der Waals surface area (Å²) in [7, 11) is 0. The normalized spacial score (nSPS) is 10.9. The molecule has 1 N–H and O–H groups in total. The molecule has 0 atom stereocenters. The highest BCUT2D eigenvalue weighted by Crippen LogP contribution is 2.27. The highest BCUT2D eigenvalue weighted by atomic mass is 35.5. The van der Waals surface area contributed by atoms with E-state index in [9.17, 15) is 9.18 Å². The molecule has 2 aromatic carbocycles. The average molecular weight is 404 g/mol. The molecule has 0 spiro atoms. The van der Waals surface area contributed by atoms with Gasteiger partial charge in [-0.05, 0) is 36.8 Å². The zero-order chi connectivity index (χ0) is 18.2. The molecule has 1 amide bonds. The third-order valence-electron chi connectivity index (χ3n) is 3.08. The van der Waals surface area contributed by atoms with Crippen molar-refractivity contribution in [2.75, 3.05) is 6.61 Å². The first-order valence-corrected chi connectivity index (χ1v) is 8.44. The van der Waals surface area contributed by atoms with E-state index < -0.39 is 5.82 Å². The third-order valence-corrected chi connectivity index (χ3v) is 3.94. The molecular weight excluding hydrogens is 390 g/mol. The number of hydrazone groups is 1. The lowest BCUT2D eigenvalue weighted by Crippen LogP contribution is -2.18. The van der Waals surface area contributed by atoms with Crippen molar-refractivity contribution in [3.05, 3.63) is 62.8 Å². The van der Waals surface area contributed by atoms with Crippen LogP contribution in [0.4, 0.5) is 4.39 Å². The van der Waals surface area contributed by atoms with E-state index >= 15 is 0 Å². The van der Waals surface area contributed by atoms with E-state index in [2.05, 4.69) is 10.5 Å². The van der Waals surface area contributed by atoms with Gasteiger partial charge in [0.1, 0.15) is 11.6 Å². The summed E-state index contributed by atoms with van der Waals surface area (Å²) >= 11 is 17.6. The summed E-state index contributed by atoms with van der Waals surface area (Å²) in [5, 5.41) is 4.84. The van der Waals surface area contributed by atoms with E-state index in [0.717, 1.165) is 0 Å². The number of hydrogen-bond donors (Lipinski definition) is 1. The standard InChI is InChI=1S/C17H14Cl3FN2O2/c18-11-6-7-16(14(20)9-11)25-8-2-5-17(24)23-22-10-12-13(19)3-1-4-15(12)21/h1,3-4,6-7,9-10H,2,5,8H2,(H,23,24)/b22-10-. The maximum atomic E-state index is 13.5. The lowest BCUT2D eigenvalue weighted by atomic mass is 10.2. The molecule has 0 radical (unpaired) electrons. The SMILES string of the molecule is O=C(CCCOc1ccc(Cl)cc1Cl)N/N=C\c1c(F)cccc1Cl. The Labute approximate surface area is 159 Å². The van der Waals surface area contributed by atoms with Crippen LogP contribution in [-0.4, -0.2) is 18.7 Å². The van der Waals surface area contributed by atoms with E-state index in [-0.39, 0.29) is 22.9 Å². The van der Waals surface area contributed by atoms with Gasteiger partial charge in [-0.15, -0.1) is 0 Å². The van der Waals surface area contributed by atoms with Crippen LogP contribution in [0.1, 0.15) is 18.4 Å². The molecule has 0 bridgehead atoms. The van der Waals surface area contributed by atoms with Gasteiger partial charge < -0.3 is 4.74 Å². The van der Waals surface area contributed by atoms with Gasteiger partial charge in [-0.25, -0.2) is 9.82 Å². The Kier molecular flexibility index (Phi) is 7.50. The largest absolute Gasteiger partial charge is 0.492 e. The minimum atomic E-state index is -0.515. The van der Waals surface area contributed by atoms with Crippen LogP contribution in [0.2, 0.25) is 15.1 Å². The first-order valence-electron chi connectivity index (χ1n) is 7.31. The third kappa shape index (κ3) is 6.20. The molecule has 0 unspecified atom stereocenters. The van der Waals surface area contributed by atoms with E-state index in [1.165, 1.54) is 24.4 Å². The van der Waals surface area contributed by atoms with Gasteiger partial charge in [-0.3, -0.25) is 4.79 Å². The van der Waals surface area contributed by atoms with E-state index in [4.69, 9.17) is 39.5 Å². The van der Waals surface area contributed by atoms with Crippen LogP contribution in [-0.2, 0) is 4.79 Å². The smallest absolute Gasteiger partial charge is 0.240 e. The number of rotatable bonds is 7. The number of benzene rings is 2. The number of hydrogen-bond acceptors (Lipinski definition) is 3. The van der Waals surface area contributed by atoms with Crippen molar-refractivity contribution < 1.29 is 13.9 Å². The molecule has 8 heteroatoms. The van der Waals surface area contributed by atoms with Gasteiger partial charge in [0.05, 0.1) is 22.9 Å². The summed E-state index contributed by atoms with van der Waals surface area (Å²) < 4.78 is 19.0. The van der Waals surface area contributed by atoms with Crippen molar-refractivity contribution >= 4 is 46.9 Å². The number of carbonyl (C=O) groups excluding carboxylic acids is 1. The van der Waals surface area contributed by atoms with Crippen molar-refractivity contribution in [3.63, 3.8) is 0 Å². The van der Waals surface area contributed by atoms with Gasteiger partial charge in [0.15, 0.2) is 0 Å². The summed E-state index contributed by atoms with van der Waals surface area (Å²) in [6.07, 6.45) is 1.81. The second kappa shape index (κ2) is 9.61. The van der Waals surface area contributed by atoms with Crippen molar-refractivity contribution in [1.29, 1.82) is 0 Å².